The number of carbonyl (C=O) groups excluding carboxylic acids is 1. The van der Waals surface area contributed by atoms with E-state index >= 15 is 0 Å². The Labute approximate surface area is 99.5 Å². The van der Waals surface area contributed by atoms with Crippen molar-refractivity contribution in [2.75, 3.05) is 0 Å². The Balaban J connectivity index is 2.00. The molecule has 0 spiro atoms. The molecule has 0 aliphatic heterocycles. The average molecular weight is 243 g/mol. The molecule has 1 unspecified atom stereocenters. The van der Waals surface area contributed by atoms with Crippen LogP contribution in [0, 0.1) is 5.92 Å². The van der Waals surface area contributed by atoms with Crippen LogP contribution in [0.3, 0.4) is 0 Å². The van der Waals surface area contributed by atoms with Crippen LogP contribution in [0.4, 0.5) is 0 Å². The third-order valence-corrected chi connectivity index (χ3v) is 4.26. The summed E-state index contributed by atoms with van der Waals surface area (Å²) < 4.78 is 0.825. The predicted octanol–water partition coefficient (Wildman–Crippen LogP) is 4.09. The molecule has 0 N–H and O–H groups in total. The first kappa shape index (κ1) is 11.2. The van der Waals surface area contributed by atoms with Gasteiger partial charge in [0.1, 0.15) is 5.78 Å². The fourth-order valence-electron chi connectivity index (χ4n) is 2.15. The maximum Gasteiger partial charge on any atom is 0.136 e. The summed E-state index contributed by atoms with van der Waals surface area (Å²) in [5.41, 5.74) is 0. The van der Waals surface area contributed by atoms with Crippen molar-refractivity contribution in [3.8, 4) is 0 Å². The van der Waals surface area contributed by atoms with Gasteiger partial charge in [0.05, 0.1) is 4.34 Å². The zero-order valence-electron chi connectivity index (χ0n) is 8.67. The van der Waals surface area contributed by atoms with E-state index in [1.807, 2.05) is 12.1 Å². The fraction of sp³-hybridized carbons (Fsp3) is 0.583. The topological polar surface area (TPSA) is 17.1 Å². The number of thiophene rings is 1. The van der Waals surface area contributed by atoms with Crippen LogP contribution in [-0.2, 0) is 11.2 Å². The summed E-state index contributed by atoms with van der Waals surface area (Å²) in [7, 11) is 0. The number of halogens is 1. The SMILES string of the molecule is O=C1CCCCCC1Cc1ccc(Cl)s1. The number of Topliss-reactive ketones (excluding diaryl/α,β-unsaturated/α-hetero) is 1. The summed E-state index contributed by atoms with van der Waals surface area (Å²) in [6.45, 7) is 0. The second-order valence-electron chi connectivity index (χ2n) is 4.17. The summed E-state index contributed by atoms with van der Waals surface area (Å²) in [5, 5.41) is 0. The van der Waals surface area contributed by atoms with E-state index < -0.39 is 0 Å². The van der Waals surface area contributed by atoms with Crippen molar-refractivity contribution in [3.63, 3.8) is 0 Å². The minimum atomic E-state index is 0.252. The van der Waals surface area contributed by atoms with E-state index in [9.17, 15) is 4.79 Å². The first-order valence-corrected chi connectivity index (χ1v) is 6.72. The Kier molecular flexibility index (Phi) is 3.81. The molecular weight excluding hydrogens is 228 g/mol. The van der Waals surface area contributed by atoms with Gasteiger partial charge in [0.15, 0.2) is 0 Å². The summed E-state index contributed by atoms with van der Waals surface area (Å²) in [6, 6.07) is 3.97. The van der Waals surface area contributed by atoms with Crippen molar-refractivity contribution in [2.45, 2.75) is 38.5 Å². The van der Waals surface area contributed by atoms with Gasteiger partial charge in [-0.25, -0.2) is 0 Å². The van der Waals surface area contributed by atoms with Crippen molar-refractivity contribution in [2.24, 2.45) is 5.92 Å². The third-order valence-electron chi connectivity index (χ3n) is 3.01. The molecule has 1 aliphatic carbocycles. The van der Waals surface area contributed by atoms with Crippen molar-refractivity contribution in [1.82, 2.24) is 0 Å². The molecule has 0 bridgehead atoms. The number of carbonyl (C=O) groups is 1. The highest BCUT2D eigenvalue weighted by atomic mass is 35.5. The first-order chi connectivity index (χ1) is 7.25. The van der Waals surface area contributed by atoms with Crippen molar-refractivity contribution >= 4 is 28.7 Å². The molecule has 0 radical (unpaired) electrons. The molecule has 3 heteroatoms. The second kappa shape index (κ2) is 5.13. The second-order valence-corrected chi connectivity index (χ2v) is 5.97. The first-order valence-electron chi connectivity index (χ1n) is 5.52. The van der Waals surface area contributed by atoms with E-state index in [0.717, 1.165) is 30.0 Å². The molecule has 1 fully saturated rings. The van der Waals surface area contributed by atoms with Crippen LogP contribution in [-0.4, -0.2) is 5.78 Å². The predicted molar refractivity (Wildman–Crippen MR) is 64.6 cm³/mol. The quantitative estimate of drug-likeness (QED) is 0.714. The van der Waals surface area contributed by atoms with Gasteiger partial charge in [-0.2, -0.15) is 0 Å². The minimum absolute atomic E-state index is 0.252. The molecule has 1 aromatic rings. The fourth-order valence-corrected chi connectivity index (χ4v) is 3.32. The molecular formula is C12H15ClOS. The highest BCUT2D eigenvalue weighted by Gasteiger charge is 2.21. The van der Waals surface area contributed by atoms with E-state index in [4.69, 9.17) is 11.6 Å². The van der Waals surface area contributed by atoms with Gasteiger partial charge in [0.2, 0.25) is 0 Å². The van der Waals surface area contributed by atoms with Gasteiger partial charge in [-0.15, -0.1) is 11.3 Å². The van der Waals surface area contributed by atoms with E-state index in [1.165, 1.54) is 17.7 Å². The molecule has 0 saturated heterocycles. The molecule has 1 nitrogen and oxygen atoms in total. The van der Waals surface area contributed by atoms with Gasteiger partial charge >= 0.3 is 0 Å². The largest absolute Gasteiger partial charge is 0.299 e. The Bertz CT molecular complexity index is 345. The van der Waals surface area contributed by atoms with E-state index in [2.05, 4.69) is 0 Å². The Morgan fingerprint density at radius 1 is 1.33 bits per heavy atom. The zero-order valence-corrected chi connectivity index (χ0v) is 10.2. The minimum Gasteiger partial charge on any atom is -0.299 e. The molecule has 1 heterocycles. The van der Waals surface area contributed by atoms with Gasteiger partial charge in [-0.3, -0.25) is 4.79 Å². The Morgan fingerprint density at radius 2 is 2.20 bits per heavy atom. The van der Waals surface area contributed by atoms with Crippen LogP contribution < -0.4 is 0 Å². The van der Waals surface area contributed by atoms with Crippen LogP contribution in [0.2, 0.25) is 4.34 Å². The van der Waals surface area contributed by atoms with E-state index in [0.29, 0.717) is 5.78 Å². The lowest BCUT2D eigenvalue weighted by atomic mass is 9.95. The summed E-state index contributed by atoms with van der Waals surface area (Å²) in [6.07, 6.45) is 6.25. The number of ketones is 1. The maximum atomic E-state index is 11.8. The van der Waals surface area contributed by atoms with Crippen LogP contribution in [0.25, 0.3) is 0 Å². The van der Waals surface area contributed by atoms with Crippen molar-refractivity contribution in [1.29, 1.82) is 0 Å². The highest BCUT2D eigenvalue weighted by molar-refractivity contribution is 7.16. The molecule has 0 amide bonds. The third kappa shape index (κ3) is 3.05. The standard InChI is InChI=1S/C12H15ClOS/c13-12-7-6-10(15-12)8-9-4-2-1-3-5-11(9)14/h6-7,9H,1-5,8H2. The number of rotatable bonds is 2. The summed E-state index contributed by atoms with van der Waals surface area (Å²) in [5.74, 6) is 0.708. The van der Waals surface area contributed by atoms with Crippen LogP contribution in [0.15, 0.2) is 12.1 Å². The normalized spacial score (nSPS) is 22.7. The van der Waals surface area contributed by atoms with Gasteiger partial charge < -0.3 is 0 Å². The van der Waals surface area contributed by atoms with Gasteiger partial charge in [-0.05, 0) is 31.4 Å². The summed E-state index contributed by atoms with van der Waals surface area (Å²) >= 11 is 7.48. The van der Waals surface area contributed by atoms with Gasteiger partial charge in [-0.1, -0.05) is 24.4 Å². The lowest BCUT2D eigenvalue weighted by Crippen LogP contribution is -2.14. The molecule has 1 atom stereocenters. The zero-order chi connectivity index (χ0) is 10.7. The number of hydrogen-bond donors (Lipinski definition) is 0. The molecule has 1 aromatic heterocycles. The molecule has 82 valence electrons. The van der Waals surface area contributed by atoms with Crippen LogP contribution in [0.1, 0.15) is 37.0 Å². The van der Waals surface area contributed by atoms with E-state index in [-0.39, 0.29) is 5.92 Å². The Morgan fingerprint density at radius 3 is 2.93 bits per heavy atom. The van der Waals surface area contributed by atoms with Gasteiger partial charge in [0.25, 0.3) is 0 Å². The lowest BCUT2D eigenvalue weighted by molar-refractivity contribution is -0.122. The monoisotopic (exact) mass is 242 g/mol. The maximum absolute atomic E-state index is 11.8. The lowest BCUT2D eigenvalue weighted by Gasteiger charge is -2.10. The Hall–Kier alpha value is -0.340. The smallest absolute Gasteiger partial charge is 0.136 e. The average Bonchev–Trinajstić information content (AvgIpc) is 2.50. The highest BCUT2D eigenvalue weighted by Crippen LogP contribution is 2.28. The van der Waals surface area contributed by atoms with Crippen LogP contribution >= 0.6 is 22.9 Å². The molecule has 2 rings (SSSR count). The summed E-state index contributed by atoms with van der Waals surface area (Å²) in [4.78, 5) is 13.0. The van der Waals surface area contributed by atoms with Crippen LogP contribution in [0.5, 0.6) is 0 Å². The van der Waals surface area contributed by atoms with Crippen molar-refractivity contribution in [3.05, 3.63) is 21.3 Å². The van der Waals surface area contributed by atoms with Gasteiger partial charge in [0, 0.05) is 17.2 Å². The van der Waals surface area contributed by atoms with Crippen molar-refractivity contribution < 1.29 is 4.79 Å². The molecule has 1 saturated carbocycles. The van der Waals surface area contributed by atoms with E-state index in [1.54, 1.807) is 11.3 Å². The molecule has 0 aromatic carbocycles. The molecule has 1 aliphatic rings. The molecule has 15 heavy (non-hydrogen) atoms. The number of hydrogen-bond acceptors (Lipinski definition) is 2.